The van der Waals surface area contributed by atoms with E-state index in [0.717, 1.165) is 30.6 Å². The van der Waals surface area contributed by atoms with Crippen LogP contribution >= 0.6 is 11.3 Å². The van der Waals surface area contributed by atoms with Gasteiger partial charge in [-0.1, -0.05) is 6.42 Å². The highest BCUT2D eigenvalue weighted by Gasteiger charge is 2.27. The number of aromatic carboxylic acids is 1. The molecule has 2 rings (SSSR count). The number of nitrogens with one attached hydrogen (secondary N) is 1. The van der Waals surface area contributed by atoms with E-state index in [1.165, 1.54) is 6.07 Å². The molecule has 1 amide bonds. The number of hydrogen-bond acceptors (Lipinski definition) is 4. The summed E-state index contributed by atoms with van der Waals surface area (Å²) in [7, 11) is 1.70. The first-order chi connectivity index (χ1) is 9.11. The molecule has 0 spiro atoms. The normalized spacial score (nSPS) is 22.4. The number of methoxy groups -OCH3 is 1. The smallest absolute Gasteiger partial charge is 0.345 e. The first-order valence-corrected chi connectivity index (χ1v) is 7.07. The number of carboxylic acids is 1. The van der Waals surface area contributed by atoms with Gasteiger partial charge < -0.3 is 15.2 Å². The van der Waals surface area contributed by atoms with E-state index >= 15 is 0 Å². The zero-order chi connectivity index (χ0) is 13.8. The summed E-state index contributed by atoms with van der Waals surface area (Å²) in [6.45, 7) is 0.581. The summed E-state index contributed by atoms with van der Waals surface area (Å²) in [5.74, 6) is -0.855. The third kappa shape index (κ3) is 3.33. The van der Waals surface area contributed by atoms with Crippen molar-refractivity contribution in [1.29, 1.82) is 0 Å². The molecule has 5 nitrogen and oxygen atoms in total. The summed E-state index contributed by atoms with van der Waals surface area (Å²) < 4.78 is 5.37. The molecule has 0 radical (unpaired) electrons. The molecule has 1 aliphatic rings. The van der Waals surface area contributed by atoms with Gasteiger partial charge in [-0.2, -0.15) is 0 Å². The topological polar surface area (TPSA) is 75.6 Å². The molecule has 2 atom stereocenters. The number of amides is 1. The maximum Gasteiger partial charge on any atom is 0.345 e. The van der Waals surface area contributed by atoms with Gasteiger partial charge in [-0.3, -0.25) is 4.79 Å². The highest BCUT2D eigenvalue weighted by molar-refractivity contribution is 7.15. The molecular formula is C13H17NO4S. The van der Waals surface area contributed by atoms with E-state index < -0.39 is 5.97 Å². The van der Waals surface area contributed by atoms with E-state index in [4.69, 9.17) is 9.84 Å². The molecule has 1 saturated carbocycles. The summed E-state index contributed by atoms with van der Waals surface area (Å²) in [6.07, 6.45) is 3.45. The SMILES string of the molecule is COC1CCCC1CNC(=O)c1ccc(C(=O)O)s1. The van der Waals surface area contributed by atoms with Gasteiger partial charge in [-0.25, -0.2) is 4.79 Å². The molecular weight excluding hydrogens is 266 g/mol. The minimum atomic E-state index is -1.00. The molecule has 2 N–H and O–H groups in total. The minimum absolute atomic E-state index is 0.181. The molecule has 0 aliphatic heterocycles. The van der Waals surface area contributed by atoms with E-state index in [2.05, 4.69) is 5.32 Å². The van der Waals surface area contributed by atoms with Crippen LogP contribution in [0.2, 0.25) is 0 Å². The molecule has 0 aromatic carbocycles. The average Bonchev–Trinajstić information content (AvgIpc) is 3.04. The van der Waals surface area contributed by atoms with Crippen LogP contribution in [0.25, 0.3) is 0 Å². The third-order valence-electron chi connectivity index (χ3n) is 3.46. The lowest BCUT2D eigenvalue weighted by molar-refractivity contribution is 0.0683. The Morgan fingerprint density at radius 1 is 1.42 bits per heavy atom. The van der Waals surface area contributed by atoms with Gasteiger partial charge >= 0.3 is 5.97 Å². The van der Waals surface area contributed by atoms with E-state index in [0.29, 0.717) is 17.3 Å². The van der Waals surface area contributed by atoms with E-state index in [9.17, 15) is 9.59 Å². The third-order valence-corrected chi connectivity index (χ3v) is 4.53. The van der Waals surface area contributed by atoms with Crippen molar-refractivity contribution in [3.63, 3.8) is 0 Å². The standard InChI is InChI=1S/C13H17NO4S/c1-18-9-4-2-3-8(9)7-14-12(15)10-5-6-11(19-10)13(16)17/h5-6,8-9H,2-4,7H2,1H3,(H,14,15)(H,16,17). The summed E-state index contributed by atoms with van der Waals surface area (Å²) in [5.41, 5.74) is 0. The molecule has 1 heterocycles. The second-order valence-corrected chi connectivity index (χ2v) is 5.73. The van der Waals surface area contributed by atoms with Crippen molar-refractivity contribution >= 4 is 23.2 Å². The summed E-state index contributed by atoms with van der Waals surface area (Å²) in [4.78, 5) is 23.3. The van der Waals surface area contributed by atoms with Crippen molar-refractivity contribution in [2.75, 3.05) is 13.7 Å². The largest absolute Gasteiger partial charge is 0.477 e. The number of hydrogen-bond donors (Lipinski definition) is 2. The van der Waals surface area contributed by atoms with E-state index in [1.807, 2.05) is 0 Å². The van der Waals surface area contributed by atoms with Crippen LogP contribution in [0.3, 0.4) is 0 Å². The quantitative estimate of drug-likeness (QED) is 0.866. The van der Waals surface area contributed by atoms with Crippen molar-refractivity contribution in [2.45, 2.75) is 25.4 Å². The van der Waals surface area contributed by atoms with Gasteiger partial charge in [0.15, 0.2) is 0 Å². The van der Waals surface area contributed by atoms with Crippen LogP contribution in [0.4, 0.5) is 0 Å². The molecule has 2 unspecified atom stereocenters. The molecule has 1 fully saturated rings. The number of ether oxygens (including phenoxy) is 1. The Morgan fingerprint density at radius 2 is 2.16 bits per heavy atom. The fourth-order valence-electron chi connectivity index (χ4n) is 2.43. The van der Waals surface area contributed by atoms with Gasteiger partial charge in [0.25, 0.3) is 5.91 Å². The van der Waals surface area contributed by atoms with Crippen LogP contribution in [0.15, 0.2) is 12.1 Å². The number of thiophene rings is 1. The second-order valence-electron chi connectivity index (χ2n) is 4.64. The van der Waals surface area contributed by atoms with Gasteiger partial charge in [0.1, 0.15) is 4.88 Å². The molecule has 19 heavy (non-hydrogen) atoms. The van der Waals surface area contributed by atoms with Crippen LogP contribution in [-0.2, 0) is 4.74 Å². The zero-order valence-electron chi connectivity index (χ0n) is 10.7. The van der Waals surface area contributed by atoms with Crippen molar-refractivity contribution in [2.24, 2.45) is 5.92 Å². The molecule has 6 heteroatoms. The number of carboxylic acid groups (broad SMARTS) is 1. The minimum Gasteiger partial charge on any atom is -0.477 e. The molecule has 0 saturated heterocycles. The Balaban J connectivity index is 1.88. The molecule has 0 bridgehead atoms. The van der Waals surface area contributed by atoms with Crippen molar-refractivity contribution < 1.29 is 19.4 Å². The van der Waals surface area contributed by atoms with Crippen molar-refractivity contribution in [3.05, 3.63) is 21.9 Å². The summed E-state index contributed by atoms with van der Waals surface area (Å²) >= 11 is 0.995. The van der Waals surface area contributed by atoms with E-state index in [-0.39, 0.29) is 16.9 Å². The Labute approximate surface area is 115 Å². The summed E-state index contributed by atoms with van der Waals surface area (Å²) in [6, 6.07) is 3.00. The highest BCUT2D eigenvalue weighted by Crippen LogP contribution is 2.27. The van der Waals surface area contributed by atoms with E-state index in [1.54, 1.807) is 13.2 Å². The Morgan fingerprint density at radius 3 is 2.79 bits per heavy atom. The Hall–Kier alpha value is -1.40. The molecule has 1 aromatic heterocycles. The fourth-order valence-corrected chi connectivity index (χ4v) is 3.19. The number of carbonyl (C=O) groups excluding carboxylic acids is 1. The molecule has 104 valence electrons. The predicted octanol–water partition coefficient (Wildman–Crippen LogP) is 1.99. The van der Waals surface area contributed by atoms with Crippen LogP contribution in [0.5, 0.6) is 0 Å². The van der Waals surface area contributed by atoms with Crippen LogP contribution < -0.4 is 5.32 Å². The lowest BCUT2D eigenvalue weighted by Crippen LogP contribution is -2.32. The monoisotopic (exact) mass is 283 g/mol. The maximum atomic E-state index is 11.9. The lowest BCUT2D eigenvalue weighted by atomic mass is 10.1. The molecule has 1 aliphatic carbocycles. The zero-order valence-corrected chi connectivity index (χ0v) is 11.5. The molecule has 1 aromatic rings. The fraction of sp³-hybridized carbons (Fsp3) is 0.538. The maximum absolute atomic E-state index is 11.9. The first kappa shape index (κ1) is 14.0. The second kappa shape index (κ2) is 6.16. The van der Waals surface area contributed by atoms with Gasteiger partial charge in [-0.15, -0.1) is 11.3 Å². The van der Waals surface area contributed by atoms with Crippen molar-refractivity contribution in [1.82, 2.24) is 5.32 Å². The van der Waals surface area contributed by atoms with Crippen LogP contribution in [-0.4, -0.2) is 36.7 Å². The number of carbonyl (C=O) groups is 2. The van der Waals surface area contributed by atoms with Gasteiger partial charge in [0.2, 0.25) is 0 Å². The lowest BCUT2D eigenvalue weighted by Gasteiger charge is -2.18. The number of rotatable bonds is 5. The average molecular weight is 283 g/mol. The van der Waals surface area contributed by atoms with Crippen LogP contribution in [0.1, 0.15) is 38.6 Å². The first-order valence-electron chi connectivity index (χ1n) is 6.26. The Kier molecular flexibility index (Phi) is 4.55. The Bertz CT molecular complexity index is 471. The van der Waals surface area contributed by atoms with Gasteiger partial charge in [0.05, 0.1) is 11.0 Å². The summed E-state index contributed by atoms with van der Waals surface area (Å²) in [5, 5.41) is 11.7. The van der Waals surface area contributed by atoms with Gasteiger partial charge in [-0.05, 0) is 25.0 Å². The van der Waals surface area contributed by atoms with Crippen LogP contribution in [0, 0.1) is 5.92 Å². The van der Waals surface area contributed by atoms with Gasteiger partial charge in [0, 0.05) is 19.6 Å². The predicted molar refractivity (Wildman–Crippen MR) is 71.7 cm³/mol. The van der Waals surface area contributed by atoms with Crippen molar-refractivity contribution in [3.8, 4) is 0 Å². The highest BCUT2D eigenvalue weighted by atomic mass is 32.1.